The SMILES string of the molecule is CC.CCc1cc(C(=O)O)c(C(=O)OC(C)(C)C)cc1C. The van der Waals surface area contributed by atoms with Crippen molar-refractivity contribution in [2.75, 3.05) is 0 Å². The standard InChI is InChI=1S/C15H20O4.C2H6/c1-6-10-8-11(13(16)17)12(7-9(10)2)14(18)19-15(3,4)5;1-2/h7-8H,6H2,1-5H3,(H,16,17);1-2H3. The average Bonchev–Trinajstić information content (AvgIpc) is 2.38. The van der Waals surface area contributed by atoms with Gasteiger partial charge < -0.3 is 9.84 Å². The van der Waals surface area contributed by atoms with Crippen molar-refractivity contribution in [3.63, 3.8) is 0 Å². The molecule has 0 fully saturated rings. The van der Waals surface area contributed by atoms with E-state index in [-0.39, 0.29) is 11.1 Å². The van der Waals surface area contributed by atoms with E-state index in [1.54, 1.807) is 32.9 Å². The van der Waals surface area contributed by atoms with Crippen LogP contribution < -0.4 is 0 Å². The molecule has 0 aliphatic carbocycles. The van der Waals surface area contributed by atoms with E-state index in [0.717, 1.165) is 17.5 Å². The zero-order chi connectivity index (χ0) is 16.8. The molecule has 0 aromatic heterocycles. The van der Waals surface area contributed by atoms with Gasteiger partial charge in [-0.05, 0) is 57.4 Å². The molecule has 0 atom stereocenters. The van der Waals surface area contributed by atoms with Gasteiger partial charge >= 0.3 is 11.9 Å². The fourth-order valence-corrected chi connectivity index (χ4v) is 1.81. The predicted molar refractivity (Wildman–Crippen MR) is 84.0 cm³/mol. The van der Waals surface area contributed by atoms with Crippen molar-refractivity contribution in [1.82, 2.24) is 0 Å². The second-order valence-electron chi connectivity index (χ2n) is 5.48. The molecule has 21 heavy (non-hydrogen) atoms. The molecule has 0 bridgehead atoms. The number of carboxylic acids is 1. The molecule has 0 amide bonds. The van der Waals surface area contributed by atoms with E-state index in [9.17, 15) is 14.7 Å². The lowest BCUT2D eigenvalue weighted by molar-refractivity contribution is 0.00657. The summed E-state index contributed by atoms with van der Waals surface area (Å²) in [6.45, 7) is 13.1. The highest BCUT2D eigenvalue weighted by Crippen LogP contribution is 2.20. The number of hydrogen-bond acceptors (Lipinski definition) is 3. The van der Waals surface area contributed by atoms with Gasteiger partial charge in [-0.1, -0.05) is 20.8 Å². The topological polar surface area (TPSA) is 63.6 Å². The van der Waals surface area contributed by atoms with Gasteiger partial charge in [-0.2, -0.15) is 0 Å². The van der Waals surface area contributed by atoms with Gasteiger partial charge in [0, 0.05) is 0 Å². The minimum absolute atomic E-state index is 0.00306. The number of carbonyl (C=O) groups is 2. The quantitative estimate of drug-likeness (QED) is 0.847. The van der Waals surface area contributed by atoms with E-state index in [1.807, 2.05) is 27.7 Å². The molecule has 0 spiro atoms. The van der Waals surface area contributed by atoms with Gasteiger partial charge in [0.05, 0.1) is 11.1 Å². The molecule has 1 aromatic rings. The Hall–Kier alpha value is -1.84. The monoisotopic (exact) mass is 294 g/mol. The fourth-order valence-electron chi connectivity index (χ4n) is 1.81. The molecule has 1 N–H and O–H groups in total. The normalized spacial score (nSPS) is 10.4. The molecule has 0 aliphatic heterocycles. The number of aromatic carboxylic acids is 1. The predicted octanol–water partition coefficient (Wildman–Crippen LogP) is 4.24. The summed E-state index contributed by atoms with van der Waals surface area (Å²) in [6.07, 6.45) is 0.723. The minimum atomic E-state index is -1.12. The number of esters is 1. The van der Waals surface area contributed by atoms with E-state index in [0.29, 0.717) is 0 Å². The second kappa shape index (κ2) is 7.81. The summed E-state index contributed by atoms with van der Waals surface area (Å²) in [4.78, 5) is 23.3. The Labute approximate surface area is 127 Å². The van der Waals surface area contributed by atoms with Crippen LogP contribution in [0.3, 0.4) is 0 Å². The number of aryl methyl sites for hydroxylation is 2. The Balaban J connectivity index is 0.00000191. The van der Waals surface area contributed by atoms with Gasteiger partial charge in [-0.15, -0.1) is 0 Å². The summed E-state index contributed by atoms with van der Waals surface area (Å²) in [6, 6.07) is 3.15. The Morgan fingerprint density at radius 1 is 1.14 bits per heavy atom. The van der Waals surface area contributed by atoms with Crippen molar-refractivity contribution in [3.05, 3.63) is 34.4 Å². The highest BCUT2D eigenvalue weighted by molar-refractivity contribution is 6.03. The summed E-state index contributed by atoms with van der Waals surface area (Å²) in [5.41, 5.74) is 1.27. The van der Waals surface area contributed by atoms with Gasteiger partial charge in [-0.3, -0.25) is 0 Å². The maximum atomic E-state index is 12.1. The molecular weight excluding hydrogens is 268 g/mol. The summed E-state index contributed by atoms with van der Waals surface area (Å²) in [5.74, 6) is -1.72. The van der Waals surface area contributed by atoms with Crippen molar-refractivity contribution in [3.8, 4) is 0 Å². The highest BCUT2D eigenvalue weighted by Gasteiger charge is 2.23. The van der Waals surface area contributed by atoms with Crippen LogP contribution in [0.2, 0.25) is 0 Å². The number of carbonyl (C=O) groups excluding carboxylic acids is 1. The molecule has 4 nitrogen and oxygen atoms in total. The van der Waals surface area contributed by atoms with E-state index >= 15 is 0 Å². The lowest BCUT2D eigenvalue weighted by atomic mass is 9.97. The molecule has 0 saturated carbocycles. The first kappa shape index (κ1) is 19.2. The summed E-state index contributed by atoms with van der Waals surface area (Å²) >= 11 is 0. The Morgan fingerprint density at radius 2 is 1.67 bits per heavy atom. The minimum Gasteiger partial charge on any atom is -0.478 e. The fraction of sp³-hybridized carbons (Fsp3) is 0.529. The van der Waals surface area contributed by atoms with Crippen molar-refractivity contribution < 1.29 is 19.4 Å². The molecular formula is C17H26O4. The average molecular weight is 294 g/mol. The third kappa shape index (κ3) is 5.58. The zero-order valence-electron chi connectivity index (χ0n) is 14.0. The second-order valence-corrected chi connectivity index (χ2v) is 5.48. The third-order valence-corrected chi connectivity index (χ3v) is 2.71. The van der Waals surface area contributed by atoms with E-state index < -0.39 is 17.5 Å². The van der Waals surface area contributed by atoms with Crippen LogP contribution in [-0.4, -0.2) is 22.6 Å². The lowest BCUT2D eigenvalue weighted by Crippen LogP contribution is -2.25. The van der Waals surface area contributed by atoms with E-state index in [4.69, 9.17) is 4.74 Å². The largest absolute Gasteiger partial charge is 0.478 e. The molecule has 1 rings (SSSR count). The van der Waals surface area contributed by atoms with Crippen molar-refractivity contribution in [1.29, 1.82) is 0 Å². The molecule has 1 aromatic carbocycles. The summed E-state index contributed by atoms with van der Waals surface area (Å²) in [5, 5.41) is 9.22. The van der Waals surface area contributed by atoms with Gasteiger partial charge in [0.2, 0.25) is 0 Å². The van der Waals surface area contributed by atoms with Crippen LogP contribution in [0, 0.1) is 6.92 Å². The van der Waals surface area contributed by atoms with Crippen LogP contribution in [0.4, 0.5) is 0 Å². The number of benzene rings is 1. The van der Waals surface area contributed by atoms with Gasteiger partial charge in [0.25, 0.3) is 0 Å². The van der Waals surface area contributed by atoms with Crippen LogP contribution in [-0.2, 0) is 11.2 Å². The Kier molecular flexibility index (Phi) is 7.13. The van der Waals surface area contributed by atoms with Crippen LogP contribution in [0.1, 0.15) is 73.4 Å². The molecule has 0 aliphatic rings. The van der Waals surface area contributed by atoms with Gasteiger partial charge in [0.15, 0.2) is 0 Å². The van der Waals surface area contributed by atoms with Crippen molar-refractivity contribution >= 4 is 11.9 Å². The first-order chi connectivity index (χ1) is 9.65. The molecule has 118 valence electrons. The maximum Gasteiger partial charge on any atom is 0.339 e. The third-order valence-electron chi connectivity index (χ3n) is 2.71. The molecule has 0 heterocycles. The van der Waals surface area contributed by atoms with E-state index in [1.165, 1.54) is 0 Å². The number of ether oxygens (including phenoxy) is 1. The number of rotatable bonds is 3. The first-order valence-corrected chi connectivity index (χ1v) is 7.26. The van der Waals surface area contributed by atoms with Gasteiger partial charge in [-0.25, -0.2) is 9.59 Å². The van der Waals surface area contributed by atoms with Crippen LogP contribution in [0.5, 0.6) is 0 Å². The van der Waals surface area contributed by atoms with Crippen molar-refractivity contribution in [2.24, 2.45) is 0 Å². The first-order valence-electron chi connectivity index (χ1n) is 7.26. The molecule has 0 unspecified atom stereocenters. The van der Waals surface area contributed by atoms with E-state index in [2.05, 4.69) is 0 Å². The zero-order valence-corrected chi connectivity index (χ0v) is 14.0. The molecule has 4 heteroatoms. The Bertz CT molecular complexity index is 510. The Morgan fingerprint density at radius 3 is 2.05 bits per heavy atom. The number of hydrogen-bond donors (Lipinski definition) is 1. The van der Waals surface area contributed by atoms with Crippen LogP contribution in [0.15, 0.2) is 12.1 Å². The van der Waals surface area contributed by atoms with Crippen LogP contribution in [0.25, 0.3) is 0 Å². The maximum absolute atomic E-state index is 12.1. The molecule has 0 saturated heterocycles. The highest BCUT2D eigenvalue weighted by atomic mass is 16.6. The summed E-state index contributed by atoms with van der Waals surface area (Å²) in [7, 11) is 0. The lowest BCUT2D eigenvalue weighted by Gasteiger charge is -2.20. The van der Waals surface area contributed by atoms with Crippen LogP contribution >= 0.6 is 0 Å². The smallest absolute Gasteiger partial charge is 0.339 e. The van der Waals surface area contributed by atoms with Gasteiger partial charge in [0.1, 0.15) is 5.60 Å². The van der Waals surface area contributed by atoms with Crippen molar-refractivity contribution in [2.45, 2.75) is 60.5 Å². The number of carboxylic acid groups (broad SMARTS) is 1. The summed E-state index contributed by atoms with van der Waals surface area (Å²) < 4.78 is 5.24. The molecule has 0 radical (unpaired) electrons.